The van der Waals surface area contributed by atoms with Gasteiger partial charge < -0.3 is 5.73 Å². The molecule has 0 saturated heterocycles. The molecule has 2 aromatic rings. The number of allylic oxidation sites excluding steroid dienone is 2. The lowest BCUT2D eigenvalue weighted by atomic mass is 9.92. The molecule has 106 valence electrons. The second-order valence-electron chi connectivity index (χ2n) is 5.32. The first-order valence-electron chi connectivity index (χ1n) is 7.30. The Labute approximate surface area is 124 Å². The average molecular weight is 278 g/mol. The molecule has 1 aliphatic carbocycles. The van der Waals surface area contributed by atoms with Gasteiger partial charge in [-0.25, -0.2) is 0 Å². The van der Waals surface area contributed by atoms with Gasteiger partial charge in [0.1, 0.15) is 0 Å². The summed E-state index contributed by atoms with van der Waals surface area (Å²) < 4.78 is 0. The molecule has 1 amide bonds. The van der Waals surface area contributed by atoms with E-state index in [1.165, 1.54) is 18.4 Å². The van der Waals surface area contributed by atoms with E-state index in [1.807, 2.05) is 24.4 Å². The third kappa shape index (κ3) is 2.87. The Hall–Kier alpha value is -2.42. The molecule has 1 aromatic carbocycles. The summed E-state index contributed by atoms with van der Waals surface area (Å²) in [5.74, 6) is -0.400. The number of carbonyl (C=O) groups is 1. The average Bonchev–Trinajstić information content (AvgIpc) is 2.56. The van der Waals surface area contributed by atoms with Crippen LogP contribution in [0.2, 0.25) is 0 Å². The third-order valence-corrected chi connectivity index (χ3v) is 3.88. The molecule has 0 unspecified atom stereocenters. The van der Waals surface area contributed by atoms with Gasteiger partial charge in [-0.3, -0.25) is 9.78 Å². The second-order valence-corrected chi connectivity index (χ2v) is 5.32. The molecule has 2 N–H and O–H groups in total. The number of nitrogens with two attached hydrogens (primary N) is 1. The largest absolute Gasteiger partial charge is 0.366 e. The van der Waals surface area contributed by atoms with Crippen LogP contribution in [0, 0.1) is 0 Å². The van der Waals surface area contributed by atoms with E-state index in [2.05, 4.69) is 17.1 Å². The van der Waals surface area contributed by atoms with Crippen LogP contribution in [-0.4, -0.2) is 10.9 Å². The number of pyridine rings is 1. The predicted molar refractivity (Wildman–Crippen MR) is 84.6 cm³/mol. The first kappa shape index (κ1) is 13.6. The van der Waals surface area contributed by atoms with Gasteiger partial charge >= 0.3 is 0 Å². The maximum Gasteiger partial charge on any atom is 0.248 e. The van der Waals surface area contributed by atoms with Crippen LogP contribution in [0.3, 0.4) is 0 Å². The molecular weight excluding hydrogens is 260 g/mol. The van der Waals surface area contributed by atoms with Gasteiger partial charge in [0.25, 0.3) is 0 Å². The minimum absolute atomic E-state index is 0.400. The number of rotatable bonds is 3. The molecule has 0 radical (unpaired) electrons. The van der Waals surface area contributed by atoms with Crippen LogP contribution in [0.5, 0.6) is 0 Å². The van der Waals surface area contributed by atoms with Crippen molar-refractivity contribution >= 4 is 11.5 Å². The minimum Gasteiger partial charge on any atom is -0.366 e. The van der Waals surface area contributed by atoms with Crippen molar-refractivity contribution in [1.29, 1.82) is 0 Å². The zero-order chi connectivity index (χ0) is 14.7. The standard InChI is InChI=1S/C18H18N2O/c19-18(21)15-10-8-13(9-11-15)16-7-4-12-20-17(16)14-5-2-1-3-6-14/h4-5,7-12H,1-3,6H2,(H2,19,21). The second kappa shape index (κ2) is 5.92. The molecule has 3 heteroatoms. The molecule has 3 nitrogen and oxygen atoms in total. The third-order valence-electron chi connectivity index (χ3n) is 3.88. The number of aromatic nitrogens is 1. The SMILES string of the molecule is NC(=O)c1ccc(-c2cccnc2C2=CCCCC2)cc1. The number of primary amides is 1. The normalized spacial score (nSPS) is 14.6. The molecule has 1 aromatic heterocycles. The van der Waals surface area contributed by atoms with Crippen LogP contribution in [0.1, 0.15) is 41.7 Å². The first-order chi connectivity index (χ1) is 10.3. The van der Waals surface area contributed by atoms with Crippen LogP contribution in [-0.2, 0) is 0 Å². The fraction of sp³-hybridized carbons (Fsp3) is 0.222. The highest BCUT2D eigenvalue weighted by Gasteiger charge is 2.13. The van der Waals surface area contributed by atoms with Crippen molar-refractivity contribution in [2.24, 2.45) is 5.73 Å². The van der Waals surface area contributed by atoms with E-state index < -0.39 is 5.91 Å². The molecule has 0 fully saturated rings. The summed E-state index contributed by atoms with van der Waals surface area (Å²) in [6, 6.07) is 11.4. The Morgan fingerprint density at radius 1 is 1.10 bits per heavy atom. The molecule has 1 aliphatic rings. The van der Waals surface area contributed by atoms with Gasteiger partial charge in [0.05, 0.1) is 5.69 Å². The van der Waals surface area contributed by atoms with Gasteiger partial charge in [0.15, 0.2) is 0 Å². The summed E-state index contributed by atoms with van der Waals surface area (Å²) in [6.07, 6.45) is 8.84. The highest BCUT2D eigenvalue weighted by atomic mass is 16.1. The van der Waals surface area contributed by atoms with Gasteiger partial charge in [-0.1, -0.05) is 24.3 Å². The number of benzene rings is 1. The summed E-state index contributed by atoms with van der Waals surface area (Å²) in [6.45, 7) is 0. The van der Waals surface area contributed by atoms with Crippen LogP contribution in [0.15, 0.2) is 48.7 Å². The van der Waals surface area contributed by atoms with E-state index in [4.69, 9.17) is 5.73 Å². The highest BCUT2D eigenvalue weighted by Crippen LogP contribution is 2.32. The van der Waals surface area contributed by atoms with E-state index in [0.29, 0.717) is 5.56 Å². The van der Waals surface area contributed by atoms with Crippen molar-refractivity contribution in [2.75, 3.05) is 0 Å². The van der Waals surface area contributed by atoms with Crippen LogP contribution in [0.4, 0.5) is 0 Å². The maximum atomic E-state index is 11.2. The lowest BCUT2D eigenvalue weighted by molar-refractivity contribution is 0.100. The van der Waals surface area contributed by atoms with E-state index in [1.54, 1.807) is 12.1 Å². The van der Waals surface area contributed by atoms with Gasteiger partial charge in [0, 0.05) is 17.3 Å². The molecular formula is C18H18N2O. The van der Waals surface area contributed by atoms with E-state index >= 15 is 0 Å². The van der Waals surface area contributed by atoms with Crippen LogP contribution < -0.4 is 5.73 Å². The zero-order valence-corrected chi connectivity index (χ0v) is 11.9. The number of carbonyl (C=O) groups excluding carboxylic acids is 1. The molecule has 0 atom stereocenters. The highest BCUT2D eigenvalue weighted by molar-refractivity contribution is 5.93. The van der Waals surface area contributed by atoms with Crippen molar-refractivity contribution in [3.05, 3.63) is 59.9 Å². The molecule has 21 heavy (non-hydrogen) atoms. The predicted octanol–water partition coefficient (Wildman–Crippen LogP) is 3.80. The summed E-state index contributed by atoms with van der Waals surface area (Å²) in [4.78, 5) is 15.7. The fourth-order valence-electron chi connectivity index (χ4n) is 2.76. The van der Waals surface area contributed by atoms with E-state index in [0.717, 1.165) is 29.7 Å². The molecule has 0 saturated carbocycles. The van der Waals surface area contributed by atoms with Gasteiger partial charge in [0.2, 0.25) is 5.91 Å². The summed E-state index contributed by atoms with van der Waals surface area (Å²) >= 11 is 0. The molecule has 0 bridgehead atoms. The zero-order valence-electron chi connectivity index (χ0n) is 11.9. The maximum absolute atomic E-state index is 11.2. The quantitative estimate of drug-likeness (QED) is 0.928. The number of hydrogen-bond acceptors (Lipinski definition) is 2. The number of amides is 1. The Morgan fingerprint density at radius 2 is 1.90 bits per heavy atom. The van der Waals surface area contributed by atoms with Gasteiger partial charge in [-0.2, -0.15) is 0 Å². The van der Waals surface area contributed by atoms with E-state index in [9.17, 15) is 4.79 Å². The van der Waals surface area contributed by atoms with E-state index in [-0.39, 0.29) is 0 Å². The Balaban J connectivity index is 2.02. The van der Waals surface area contributed by atoms with Crippen molar-refractivity contribution < 1.29 is 4.79 Å². The van der Waals surface area contributed by atoms with Crippen molar-refractivity contribution in [2.45, 2.75) is 25.7 Å². The minimum atomic E-state index is -0.400. The van der Waals surface area contributed by atoms with Gasteiger partial charge in [-0.05, 0) is 55.0 Å². The number of nitrogens with zero attached hydrogens (tertiary/aromatic N) is 1. The van der Waals surface area contributed by atoms with Crippen molar-refractivity contribution in [3.63, 3.8) is 0 Å². The number of hydrogen-bond donors (Lipinski definition) is 1. The van der Waals surface area contributed by atoms with Gasteiger partial charge in [-0.15, -0.1) is 0 Å². The lowest BCUT2D eigenvalue weighted by Crippen LogP contribution is -2.10. The Bertz CT molecular complexity index is 687. The monoisotopic (exact) mass is 278 g/mol. The topological polar surface area (TPSA) is 56.0 Å². The fourth-order valence-corrected chi connectivity index (χ4v) is 2.76. The van der Waals surface area contributed by atoms with Crippen molar-refractivity contribution in [3.8, 4) is 11.1 Å². The Kier molecular flexibility index (Phi) is 3.82. The van der Waals surface area contributed by atoms with Crippen molar-refractivity contribution in [1.82, 2.24) is 4.98 Å². The molecule has 3 rings (SSSR count). The van der Waals surface area contributed by atoms with Crippen LogP contribution in [0.25, 0.3) is 16.7 Å². The smallest absolute Gasteiger partial charge is 0.248 e. The summed E-state index contributed by atoms with van der Waals surface area (Å²) in [7, 11) is 0. The first-order valence-corrected chi connectivity index (χ1v) is 7.30. The Morgan fingerprint density at radius 3 is 2.57 bits per heavy atom. The summed E-state index contributed by atoms with van der Waals surface area (Å²) in [5, 5.41) is 0. The molecule has 0 aliphatic heterocycles. The molecule has 0 spiro atoms. The molecule has 1 heterocycles. The summed E-state index contributed by atoms with van der Waals surface area (Å²) in [5.41, 5.74) is 10.4. The van der Waals surface area contributed by atoms with Crippen LogP contribution >= 0.6 is 0 Å². The lowest BCUT2D eigenvalue weighted by Gasteiger charge is -2.15.